The number of carbonyl (C=O) groups excluding carboxylic acids is 1. The minimum absolute atomic E-state index is 0.0230. The SMILES string of the molecule is Cc1ccc(NC(=O)N2CCC[C@H](C)C2)cc1[N+](=O)[O-]. The first kappa shape index (κ1) is 14.3. The summed E-state index contributed by atoms with van der Waals surface area (Å²) in [5.41, 5.74) is 1.07. The molecule has 1 aromatic carbocycles. The third-order valence-corrected chi connectivity index (χ3v) is 3.60. The number of hydrogen-bond acceptors (Lipinski definition) is 3. The Labute approximate surface area is 117 Å². The molecule has 1 N–H and O–H groups in total. The monoisotopic (exact) mass is 277 g/mol. The van der Waals surface area contributed by atoms with Gasteiger partial charge in [-0.25, -0.2) is 4.79 Å². The fourth-order valence-corrected chi connectivity index (χ4v) is 2.46. The minimum atomic E-state index is -0.437. The standard InChI is InChI=1S/C14H19N3O3/c1-10-4-3-7-16(9-10)14(18)15-12-6-5-11(2)13(8-12)17(19)20/h5-6,8,10H,3-4,7,9H2,1-2H3,(H,15,18)/t10-/m0/s1. The summed E-state index contributed by atoms with van der Waals surface area (Å²) in [6.45, 7) is 5.27. The van der Waals surface area contributed by atoms with E-state index in [1.54, 1.807) is 24.0 Å². The lowest BCUT2D eigenvalue weighted by Crippen LogP contribution is -2.41. The molecule has 2 amide bonds. The first-order chi connectivity index (χ1) is 9.47. The number of aryl methyl sites for hydroxylation is 1. The highest BCUT2D eigenvalue weighted by atomic mass is 16.6. The summed E-state index contributed by atoms with van der Waals surface area (Å²) in [5.74, 6) is 0.502. The summed E-state index contributed by atoms with van der Waals surface area (Å²) in [6, 6.07) is 4.55. The van der Waals surface area contributed by atoms with Gasteiger partial charge in [-0.2, -0.15) is 0 Å². The van der Waals surface area contributed by atoms with E-state index < -0.39 is 4.92 Å². The highest BCUT2D eigenvalue weighted by molar-refractivity contribution is 5.89. The van der Waals surface area contributed by atoms with E-state index in [2.05, 4.69) is 12.2 Å². The van der Waals surface area contributed by atoms with Crippen molar-refractivity contribution < 1.29 is 9.72 Å². The molecule has 0 unspecified atom stereocenters. The fourth-order valence-electron chi connectivity index (χ4n) is 2.46. The van der Waals surface area contributed by atoms with E-state index in [0.717, 1.165) is 25.9 Å². The van der Waals surface area contributed by atoms with Crippen LogP contribution in [0.5, 0.6) is 0 Å². The third kappa shape index (κ3) is 3.26. The molecule has 6 nitrogen and oxygen atoms in total. The van der Waals surface area contributed by atoms with Crippen LogP contribution >= 0.6 is 0 Å². The number of benzene rings is 1. The third-order valence-electron chi connectivity index (χ3n) is 3.60. The molecule has 20 heavy (non-hydrogen) atoms. The van der Waals surface area contributed by atoms with E-state index >= 15 is 0 Å². The quantitative estimate of drug-likeness (QED) is 0.666. The maximum Gasteiger partial charge on any atom is 0.321 e. The molecule has 6 heteroatoms. The molecular weight excluding hydrogens is 258 g/mol. The van der Waals surface area contributed by atoms with Crippen LogP contribution in [0, 0.1) is 23.0 Å². The Balaban J connectivity index is 2.07. The lowest BCUT2D eigenvalue weighted by atomic mass is 10.0. The van der Waals surface area contributed by atoms with Gasteiger partial charge in [0.05, 0.1) is 4.92 Å². The van der Waals surface area contributed by atoms with Crippen LogP contribution in [0.4, 0.5) is 16.2 Å². The number of nitrogens with one attached hydrogen (secondary N) is 1. The van der Waals surface area contributed by atoms with Gasteiger partial charge in [-0.15, -0.1) is 0 Å². The fraction of sp³-hybridized carbons (Fsp3) is 0.500. The van der Waals surface area contributed by atoms with E-state index in [0.29, 0.717) is 17.2 Å². The van der Waals surface area contributed by atoms with Crippen LogP contribution in [0.15, 0.2) is 18.2 Å². The van der Waals surface area contributed by atoms with Crippen molar-refractivity contribution in [2.24, 2.45) is 5.92 Å². The van der Waals surface area contributed by atoms with Gasteiger partial charge >= 0.3 is 6.03 Å². The van der Waals surface area contributed by atoms with Crippen molar-refractivity contribution in [1.82, 2.24) is 4.90 Å². The Morgan fingerprint density at radius 2 is 2.25 bits per heavy atom. The predicted octanol–water partition coefficient (Wildman–Crippen LogP) is 3.17. The number of carbonyl (C=O) groups is 1. The Kier molecular flexibility index (Phi) is 4.22. The number of piperidine rings is 1. The number of amides is 2. The van der Waals surface area contributed by atoms with Gasteiger partial charge in [-0.1, -0.05) is 13.0 Å². The summed E-state index contributed by atoms with van der Waals surface area (Å²) in [5, 5.41) is 13.6. The van der Waals surface area contributed by atoms with Gasteiger partial charge in [0, 0.05) is 30.4 Å². The molecule has 1 aliphatic heterocycles. The molecule has 0 aromatic heterocycles. The summed E-state index contributed by atoms with van der Waals surface area (Å²) in [4.78, 5) is 24.3. The molecular formula is C14H19N3O3. The van der Waals surface area contributed by atoms with Crippen LogP contribution in [0.2, 0.25) is 0 Å². The van der Waals surface area contributed by atoms with E-state index in [1.165, 1.54) is 6.07 Å². The second kappa shape index (κ2) is 5.90. The summed E-state index contributed by atoms with van der Waals surface area (Å²) in [6.07, 6.45) is 2.14. The van der Waals surface area contributed by atoms with Gasteiger partial charge in [0.25, 0.3) is 5.69 Å². The van der Waals surface area contributed by atoms with Crippen LogP contribution in [0.1, 0.15) is 25.3 Å². The molecule has 1 fully saturated rings. The molecule has 2 rings (SSSR count). The number of anilines is 1. The zero-order valence-corrected chi connectivity index (χ0v) is 11.8. The molecule has 0 radical (unpaired) electrons. The Morgan fingerprint density at radius 3 is 2.90 bits per heavy atom. The summed E-state index contributed by atoms with van der Waals surface area (Å²) < 4.78 is 0. The molecule has 1 atom stereocenters. The van der Waals surface area contributed by atoms with Crippen molar-refractivity contribution in [3.8, 4) is 0 Å². The minimum Gasteiger partial charge on any atom is -0.324 e. The van der Waals surface area contributed by atoms with Crippen molar-refractivity contribution in [3.63, 3.8) is 0 Å². The number of nitrogens with zero attached hydrogens (tertiary/aromatic N) is 2. The molecule has 0 bridgehead atoms. The number of likely N-dealkylation sites (tertiary alicyclic amines) is 1. The lowest BCUT2D eigenvalue weighted by Gasteiger charge is -2.30. The Bertz CT molecular complexity index is 530. The number of rotatable bonds is 2. The van der Waals surface area contributed by atoms with Gasteiger partial charge in [0.1, 0.15) is 0 Å². The van der Waals surface area contributed by atoms with Crippen molar-refractivity contribution in [2.45, 2.75) is 26.7 Å². The van der Waals surface area contributed by atoms with Crippen LogP contribution < -0.4 is 5.32 Å². The van der Waals surface area contributed by atoms with Gasteiger partial charge in [-0.05, 0) is 31.7 Å². The van der Waals surface area contributed by atoms with Crippen molar-refractivity contribution in [1.29, 1.82) is 0 Å². The van der Waals surface area contributed by atoms with Crippen molar-refractivity contribution in [3.05, 3.63) is 33.9 Å². The van der Waals surface area contributed by atoms with Crippen molar-refractivity contribution in [2.75, 3.05) is 18.4 Å². The van der Waals surface area contributed by atoms with E-state index in [9.17, 15) is 14.9 Å². The number of urea groups is 1. The normalized spacial score (nSPS) is 18.7. The van der Waals surface area contributed by atoms with Crippen LogP contribution in [-0.4, -0.2) is 28.9 Å². The molecule has 0 aliphatic carbocycles. The Morgan fingerprint density at radius 1 is 1.50 bits per heavy atom. The highest BCUT2D eigenvalue weighted by Gasteiger charge is 2.21. The highest BCUT2D eigenvalue weighted by Crippen LogP contribution is 2.23. The largest absolute Gasteiger partial charge is 0.324 e. The van der Waals surface area contributed by atoms with Gasteiger partial charge < -0.3 is 10.2 Å². The number of hydrogen-bond donors (Lipinski definition) is 1. The second-order valence-corrected chi connectivity index (χ2v) is 5.38. The maximum absolute atomic E-state index is 12.1. The average Bonchev–Trinajstić information content (AvgIpc) is 2.40. The number of nitro groups is 1. The molecule has 1 heterocycles. The van der Waals surface area contributed by atoms with Crippen LogP contribution in [-0.2, 0) is 0 Å². The van der Waals surface area contributed by atoms with Gasteiger partial charge in [-0.3, -0.25) is 10.1 Å². The van der Waals surface area contributed by atoms with Crippen molar-refractivity contribution >= 4 is 17.4 Å². The lowest BCUT2D eigenvalue weighted by molar-refractivity contribution is -0.385. The maximum atomic E-state index is 12.1. The smallest absolute Gasteiger partial charge is 0.321 e. The predicted molar refractivity (Wildman–Crippen MR) is 76.8 cm³/mol. The topological polar surface area (TPSA) is 75.5 Å². The van der Waals surface area contributed by atoms with E-state index in [1.807, 2.05) is 0 Å². The molecule has 0 spiro atoms. The van der Waals surface area contributed by atoms with E-state index in [4.69, 9.17) is 0 Å². The molecule has 1 saturated heterocycles. The zero-order chi connectivity index (χ0) is 14.7. The first-order valence-corrected chi connectivity index (χ1v) is 6.78. The molecule has 0 saturated carbocycles. The second-order valence-electron chi connectivity index (χ2n) is 5.38. The van der Waals surface area contributed by atoms with E-state index in [-0.39, 0.29) is 11.7 Å². The molecule has 1 aliphatic rings. The Hall–Kier alpha value is -2.11. The molecule has 1 aromatic rings. The first-order valence-electron chi connectivity index (χ1n) is 6.78. The van der Waals surface area contributed by atoms with Gasteiger partial charge in [0.15, 0.2) is 0 Å². The molecule has 108 valence electrons. The number of nitro benzene ring substituents is 1. The van der Waals surface area contributed by atoms with Crippen LogP contribution in [0.25, 0.3) is 0 Å². The van der Waals surface area contributed by atoms with Crippen LogP contribution in [0.3, 0.4) is 0 Å². The average molecular weight is 277 g/mol. The van der Waals surface area contributed by atoms with Gasteiger partial charge in [0.2, 0.25) is 0 Å². The summed E-state index contributed by atoms with van der Waals surface area (Å²) >= 11 is 0. The zero-order valence-electron chi connectivity index (χ0n) is 11.8. The summed E-state index contributed by atoms with van der Waals surface area (Å²) in [7, 11) is 0.